The summed E-state index contributed by atoms with van der Waals surface area (Å²) in [5.41, 5.74) is 0. The van der Waals surface area contributed by atoms with Crippen molar-refractivity contribution in [3.63, 3.8) is 0 Å². The van der Waals surface area contributed by atoms with Crippen molar-refractivity contribution in [1.82, 2.24) is 16.0 Å². The largest absolute Gasteiger partial charge is 0.354 e. The highest BCUT2D eigenvalue weighted by Crippen LogP contribution is 2.14. The van der Waals surface area contributed by atoms with E-state index in [4.69, 9.17) is 0 Å². The quantitative estimate of drug-likeness (QED) is 0.621. The van der Waals surface area contributed by atoms with Crippen LogP contribution in [0, 0.1) is 5.92 Å². The van der Waals surface area contributed by atoms with Crippen LogP contribution in [0.25, 0.3) is 0 Å². The number of amides is 2. The van der Waals surface area contributed by atoms with Gasteiger partial charge < -0.3 is 16.0 Å². The maximum absolute atomic E-state index is 11.6. The average molecular weight is 239 g/mol. The van der Waals surface area contributed by atoms with Gasteiger partial charge in [0.15, 0.2) is 0 Å². The van der Waals surface area contributed by atoms with Crippen molar-refractivity contribution in [3.8, 4) is 0 Å². The van der Waals surface area contributed by atoms with Gasteiger partial charge in [-0.05, 0) is 38.3 Å². The Morgan fingerprint density at radius 2 is 2.29 bits per heavy atom. The predicted octanol–water partition coefficient (Wildman–Crippen LogP) is -0.229. The van der Waals surface area contributed by atoms with Crippen molar-refractivity contribution < 1.29 is 9.59 Å². The van der Waals surface area contributed by atoms with Crippen molar-refractivity contribution in [2.24, 2.45) is 5.92 Å². The Balaban J connectivity index is 1.55. The summed E-state index contributed by atoms with van der Waals surface area (Å²) in [5, 5.41) is 9.04. The molecule has 2 heterocycles. The Kier molecular flexibility index (Phi) is 4.36. The highest BCUT2D eigenvalue weighted by atomic mass is 16.2. The molecule has 2 aliphatic heterocycles. The normalized spacial score (nSPS) is 28.1. The van der Waals surface area contributed by atoms with Gasteiger partial charge in [0.1, 0.15) is 0 Å². The van der Waals surface area contributed by atoms with E-state index in [0.717, 1.165) is 25.9 Å². The molecule has 3 N–H and O–H groups in total. The Morgan fingerprint density at radius 3 is 2.94 bits per heavy atom. The topological polar surface area (TPSA) is 70.2 Å². The summed E-state index contributed by atoms with van der Waals surface area (Å²) in [6.45, 7) is 2.71. The van der Waals surface area contributed by atoms with Gasteiger partial charge in [-0.2, -0.15) is 0 Å². The highest BCUT2D eigenvalue weighted by molar-refractivity contribution is 5.79. The number of rotatable bonds is 5. The number of hydrogen-bond donors (Lipinski definition) is 3. The first-order valence-corrected chi connectivity index (χ1v) is 6.51. The van der Waals surface area contributed by atoms with Gasteiger partial charge in [-0.15, -0.1) is 0 Å². The summed E-state index contributed by atoms with van der Waals surface area (Å²) in [5.74, 6) is 0.867. The number of carbonyl (C=O) groups is 2. The third-order valence-corrected chi connectivity index (χ3v) is 3.57. The minimum Gasteiger partial charge on any atom is -0.354 e. The minimum absolute atomic E-state index is 0.0984. The molecule has 2 unspecified atom stereocenters. The van der Waals surface area contributed by atoms with E-state index >= 15 is 0 Å². The summed E-state index contributed by atoms with van der Waals surface area (Å²) in [4.78, 5) is 22.6. The van der Waals surface area contributed by atoms with E-state index in [1.165, 1.54) is 6.42 Å². The van der Waals surface area contributed by atoms with E-state index in [9.17, 15) is 9.59 Å². The van der Waals surface area contributed by atoms with Crippen LogP contribution in [-0.2, 0) is 9.59 Å². The summed E-state index contributed by atoms with van der Waals surface area (Å²) >= 11 is 0. The monoisotopic (exact) mass is 239 g/mol. The molecule has 2 amide bonds. The van der Waals surface area contributed by atoms with Gasteiger partial charge in [-0.1, -0.05) is 0 Å². The van der Waals surface area contributed by atoms with E-state index in [0.29, 0.717) is 25.3 Å². The highest BCUT2D eigenvalue weighted by Gasteiger charge is 2.21. The Labute approximate surface area is 102 Å². The maximum atomic E-state index is 11.6. The minimum atomic E-state index is 0.0984. The van der Waals surface area contributed by atoms with Crippen molar-refractivity contribution in [1.29, 1.82) is 0 Å². The van der Waals surface area contributed by atoms with Gasteiger partial charge in [0, 0.05) is 25.4 Å². The molecule has 0 aromatic rings. The third-order valence-electron chi connectivity index (χ3n) is 3.57. The van der Waals surface area contributed by atoms with Gasteiger partial charge in [0.2, 0.25) is 11.8 Å². The smallest absolute Gasteiger partial charge is 0.220 e. The second-order valence-electron chi connectivity index (χ2n) is 5.00. The van der Waals surface area contributed by atoms with Gasteiger partial charge in [-0.3, -0.25) is 9.59 Å². The molecule has 0 aliphatic carbocycles. The summed E-state index contributed by atoms with van der Waals surface area (Å²) in [6.07, 6.45) is 4.19. The molecule has 2 saturated heterocycles. The van der Waals surface area contributed by atoms with E-state index < -0.39 is 0 Å². The first kappa shape index (κ1) is 12.4. The van der Waals surface area contributed by atoms with Gasteiger partial charge >= 0.3 is 0 Å². The van der Waals surface area contributed by atoms with Crippen molar-refractivity contribution in [2.75, 3.05) is 19.6 Å². The first-order chi connectivity index (χ1) is 8.24. The molecule has 0 aromatic heterocycles. The molecule has 2 fully saturated rings. The van der Waals surface area contributed by atoms with Crippen LogP contribution >= 0.6 is 0 Å². The third kappa shape index (κ3) is 4.00. The van der Waals surface area contributed by atoms with Crippen molar-refractivity contribution in [2.45, 2.75) is 38.1 Å². The lowest BCUT2D eigenvalue weighted by Gasteiger charge is -2.12. The van der Waals surface area contributed by atoms with E-state index in [1.807, 2.05) is 0 Å². The molecule has 0 saturated carbocycles. The van der Waals surface area contributed by atoms with E-state index in [2.05, 4.69) is 16.0 Å². The van der Waals surface area contributed by atoms with Crippen LogP contribution in [0.5, 0.6) is 0 Å². The van der Waals surface area contributed by atoms with Crippen molar-refractivity contribution in [3.05, 3.63) is 0 Å². The second kappa shape index (κ2) is 6.00. The molecule has 5 heteroatoms. The van der Waals surface area contributed by atoms with Crippen LogP contribution in [0.4, 0.5) is 0 Å². The zero-order valence-corrected chi connectivity index (χ0v) is 10.1. The van der Waals surface area contributed by atoms with Gasteiger partial charge in [-0.25, -0.2) is 0 Å². The molecule has 17 heavy (non-hydrogen) atoms. The zero-order chi connectivity index (χ0) is 12.1. The lowest BCUT2D eigenvalue weighted by molar-refractivity contribution is -0.122. The summed E-state index contributed by atoms with van der Waals surface area (Å²) in [6, 6.07) is 0.139. The lowest BCUT2D eigenvalue weighted by Crippen LogP contribution is -2.38. The fourth-order valence-corrected chi connectivity index (χ4v) is 2.45. The van der Waals surface area contributed by atoms with Crippen LogP contribution in [-0.4, -0.2) is 37.5 Å². The zero-order valence-electron chi connectivity index (χ0n) is 10.1. The molecular formula is C12H21N3O2. The fourth-order valence-electron chi connectivity index (χ4n) is 2.45. The van der Waals surface area contributed by atoms with Crippen LogP contribution in [0.1, 0.15) is 32.1 Å². The van der Waals surface area contributed by atoms with Gasteiger partial charge in [0.25, 0.3) is 0 Å². The molecule has 96 valence electrons. The van der Waals surface area contributed by atoms with Crippen LogP contribution in [0.3, 0.4) is 0 Å². The molecule has 0 bridgehead atoms. The number of carbonyl (C=O) groups excluding carboxylic acids is 2. The summed E-state index contributed by atoms with van der Waals surface area (Å²) < 4.78 is 0. The van der Waals surface area contributed by atoms with E-state index in [-0.39, 0.29) is 17.9 Å². The molecular weight excluding hydrogens is 218 g/mol. The van der Waals surface area contributed by atoms with Crippen LogP contribution < -0.4 is 16.0 Å². The standard InChI is InChI=1S/C12H21N3O2/c16-11(3-1-9-5-6-13-7-9)14-8-10-2-4-12(17)15-10/h9-10,13H,1-8H2,(H,14,16)(H,15,17). The summed E-state index contributed by atoms with van der Waals surface area (Å²) in [7, 11) is 0. The Morgan fingerprint density at radius 1 is 1.41 bits per heavy atom. The first-order valence-electron chi connectivity index (χ1n) is 6.51. The molecule has 0 radical (unpaired) electrons. The lowest BCUT2D eigenvalue weighted by atomic mass is 10.0. The van der Waals surface area contributed by atoms with Crippen molar-refractivity contribution >= 4 is 11.8 Å². The molecule has 0 aromatic carbocycles. The van der Waals surface area contributed by atoms with Crippen LogP contribution in [0.2, 0.25) is 0 Å². The molecule has 2 rings (SSSR count). The Bertz CT molecular complexity index is 287. The van der Waals surface area contributed by atoms with E-state index in [1.54, 1.807) is 0 Å². The van der Waals surface area contributed by atoms with Gasteiger partial charge in [0.05, 0.1) is 0 Å². The molecule has 2 aliphatic rings. The number of hydrogen-bond acceptors (Lipinski definition) is 3. The number of nitrogens with one attached hydrogen (secondary N) is 3. The SMILES string of the molecule is O=C(CCC1CCNC1)NCC1CCC(=O)N1. The predicted molar refractivity (Wildman–Crippen MR) is 64.4 cm³/mol. The molecule has 5 nitrogen and oxygen atoms in total. The average Bonchev–Trinajstić information content (AvgIpc) is 2.95. The maximum Gasteiger partial charge on any atom is 0.220 e. The Hall–Kier alpha value is -1.10. The molecule has 0 spiro atoms. The van der Waals surface area contributed by atoms with Crippen LogP contribution in [0.15, 0.2) is 0 Å². The molecule has 2 atom stereocenters. The second-order valence-corrected chi connectivity index (χ2v) is 5.00. The fraction of sp³-hybridized carbons (Fsp3) is 0.833.